The summed E-state index contributed by atoms with van der Waals surface area (Å²) in [5.41, 5.74) is 1.26. The lowest BCUT2D eigenvalue weighted by molar-refractivity contribution is -0.0143. The van der Waals surface area contributed by atoms with Crippen LogP contribution in [0.3, 0.4) is 0 Å². The van der Waals surface area contributed by atoms with Crippen LogP contribution in [0, 0.1) is 5.41 Å². The van der Waals surface area contributed by atoms with Crippen molar-refractivity contribution in [1.29, 1.82) is 0 Å². The number of hydrogen-bond acceptors (Lipinski definition) is 2. The summed E-state index contributed by atoms with van der Waals surface area (Å²) in [6.45, 7) is 7.96. The van der Waals surface area contributed by atoms with Gasteiger partial charge in [0.25, 0.3) is 0 Å². The highest BCUT2D eigenvalue weighted by Crippen LogP contribution is 2.49. The number of nitrogens with zero attached hydrogens (tertiary/aromatic N) is 2. The highest BCUT2D eigenvalue weighted by atomic mass is 15.2. The predicted octanol–water partition coefficient (Wildman–Crippen LogP) is 3.52. The van der Waals surface area contributed by atoms with Gasteiger partial charge < -0.3 is 4.90 Å². The van der Waals surface area contributed by atoms with Crippen molar-refractivity contribution in [3.05, 3.63) is 0 Å². The second-order valence-corrected chi connectivity index (χ2v) is 7.85. The van der Waals surface area contributed by atoms with Crippen LogP contribution in [-0.4, -0.2) is 48.6 Å². The molecule has 110 valence electrons. The summed E-state index contributed by atoms with van der Waals surface area (Å²) in [6.07, 6.45) is 13.1. The molecule has 1 saturated carbocycles. The fourth-order valence-electron chi connectivity index (χ4n) is 4.66. The zero-order valence-electron chi connectivity index (χ0n) is 13.1. The molecular weight excluding hydrogens is 232 g/mol. The van der Waals surface area contributed by atoms with E-state index in [0.29, 0.717) is 5.54 Å². The molecule has 2 heterocycles. The molecule has 1 spiro atoms. The van der Waals surface area contributed by atoms with Crippen LogP contribution in [0.2, 0.25) is 0 Å². The first kappa shape index (κ1) is 13.9. The third-order valence-electron chi connectivity index (χ3n) is 6.56. The van der Waals surface area contributed by atoms with Crippen LogP contribution >= 0.6 is 0 Å². The number of hydrogen-bond donors (Lipinski definition) is 0. The van der Waals surface area contributed by atoms with Crippen molar-refractivity contribution >= 4 is 0 Å². The van der Waals surface area contributed by atoms with Gasteiger partial charge in [-0.2, -0.15) is 0 Å². The predicted molar refractivity (Wildman–Crippen MR) is 81.5 cm³/mol. The van der Waals surface area contributed by atoms with Gasteiger partial charge in [0.2, 0.25) is 0 Å². The topological polar surface area (TPSA) is 6.48 Å². The van der Waals surface area contributed by atoms with Gasteiger partial charge in [-0.25, -0.2) is 0 Å². The van der Waals surface area contributed by atoms with Gasteiger partial charge in [0.15, 0.2) is 0 Å². The van der Waals surface area contributed by atoms with Crippen LogP contribution in [-0.2, 0) is 0 Å². The van der Waals surface area contributed by atoms with Gasteiger partial charge >= 0.3 is 0 Å². The summed E-state index contributed by atoms with van der Waals surface area (Å²) in [5, 5.41) is 0. The lowest BCUT2D eigenvalue weighted by Gasteiger charge is -2.53. The van der Waals surface area contributed by atoms with Gasteiger partial charge in [0, 0.05) is 5.54 Å². The quantitative estimate of drug-likeness (QED) is 0.715. The van der Waals surface area contributed by atoms with E-state index in [9.17, 15) is 0 Å². The normalized spacial score (nSPS) is 32.5. The molecule has 0 N–H and O–H groups in total. The van der Waals surface area contributed by atoms with Crippen LogP contribution in [0.4, 0.5) is 0 Å². The van der Waals surface area contributed by atoms with Crippen molar-refractivity contribution < 1.29 is 0 Å². The molecule has 2 saturated heterocycles. The third kappa shape index (κ3) is 2.85. The molecule has 0 aromatic rings. The maximum atomic E-state index is 2.83. The van der Waals surface area contributed by atoms with Gasteiger partial charge in [0.1, 0.15) is 0 Å². The fraction of sp³-hybridized carbons (Fsp3) is 1.00. The van der Waals surface area contributed by atoms with E-state index in [4.69, 9.17) is 0 Å². The first-order valence-electron chi connectivity index (χ1n) is 8.56. The van der Waals surface area contributed by atoms with E-state index in [1.54, 1.807) is 0 Å². The maximum Gasteiger partial charge on any atom is 0.0181 e. The largest absolute Gasteiger partial charge is 0.306 e. The Balaban J connectivity index is 1.58. The molecule has 0 aromatic heterocycles. The van der Waals surface area contributed by atoms with E-state index in [2.05, 4.69) is 23.8 Å². The highest BCUT2D eigenvalue weighted by molar-refractivity contribution is 4.98. The Morgan fingerprint density at radius 2 is 1.26 bits per heavy atom. The zero-order valence-corrected chi connectivity index (χ0v) is 13.1. The molecule has 0 aromatic carbocycles. The monoisotopic (exact) mass is 264 g/mol. The second-order valence-electron chi connectivity index (χ2n) is 7.85. The van der Waals surface area contributed by atoms with Gasteiger partial charge in [-0.15, -0.1) is 0 Å². The van der Waals surface area contributed by atoms with E-state index in [1.165, 1.54) is 84.0 Å². The van der Waals surface area contributed by atoms with Gasteiger partial charge in [-0.1, -0.05) is 6.42 Å². The molecule has 2 heteroatoms. The Hall–Kier alpha value is -0.0800. The second kappa shape index (κ2) is 5.37. The Morgan fingerprint density at radius 3 is 1.84 bits per heavy atom. The van der Waals surface area contributed by atoms with Gasteiger partial charge in [-0.05, 0) is 96.9 Å². The SMILES string of the molecule is CN1CCC2(CC1)CCC(C)(N1CCCCC1)CC2. The molecule has 19 heavy (non-hydrogen) atoms. The summed E-state index contributed by atoms with van der Waals surface area (Å²) in [6, 6.07) is 0. The Morgan fingerprint density at radius 1 is 0.684 bits per heavy atom. The van der Waals surface area contributed by atoms with E-state index < -0.39 is 0 Å². The van der Waals surface area contributed by atoms with Gasteiger partial charge in [0.05, 0.1) is 0 Å². The molecule has 0 atom stereocenters. The molecule has 0 bridgehead atoms. The highest BCUT2D eigenvalue weighted by Gasteiger charge is 2.43. The van der Waals surface area contributed by atoms with Crippen LogP contribution < -0.4 is 0 Å². The summed E-state index contributed by atoms with van der Waals surface area (Å²) < 4.78 is 0. The van der Waals surface area contributed by atoms with Crippen LogP contribution in [0.15, 0.2) is 0 Å². The Labute approximate surface area is 119 Å². The van der Waals surface area contributed by atoms with Crippen molar-refractivity contribution in [2.24, 2.45) is 5.41 Å². The average molecular weight is 264 g/mol. The Kier molecular flexibility index (Phi) is 3.92. The molecule has 1 aliphatic carbocycles. The molecule has 3 aliphatic rings. The standard InChI is InChI=1S/C17H32N2/c1-16(19-12-4-3-5-13-19)6-8-17(9-7-16)10-14-18(2)15-11-17/h3-15H2,1-2H3. The van der Waals surface area contributed by atoms with Crippen LogP contribution in [0.1, 0.15) is 64.7 Å². The molecule has 3 rings (SSSR count). The van der Waals surface area contributed by atoms with Crippen molar-refractivity contribution in [2.45, 2.75) is 70.3 Å². The van der Waals surface area contributed by atoms with Crippen LogP contribution in [0.5, 0.6) is 0 Å². The van der Waals surface area contributed by atoms with Crippen molar-refractivity contribution in [2.75, 3.05) is 33.2 Å². The molecule has 2 aliphatic heterocycles. The Bertz CT molecular complexity index is 288. The minimum absolute atomic E-state index is 0.537. The average Bonchev–Trinajstić information content (AvgIpc) is 2.47. The van der Waals surface area contributed by atoms with Crippen molar-refractivity contribution in [1.82, 2.24) is 9.80 Å². The summed E-state index contributed by atoms with van der Waals surface area (Å²) >= 11 is 0. The first-order valence-corrected chi connectivity index (χ1v) is 8.56. The number of piperidine rings is 2. The van der Waals surface area contributed by atoms with Crippen molar-refractivity contribution in [3.63, 3.8) is 0 Å². The molecule has 0 unspecified atom stereocenters. The molecule has 0 amide bonds. The van der Waals surface area contributed by atoms with Crippen molar-refractivity contribution in [3.8, 4) is 0 Å². The smallest absolute Gasteiger partial charge is 0.0181 e. The van der Waals surface area contributed by atoms with E-state index in [1.807, 2.05) is 0 Å². The summed E-state index contributed by atoms with van der Waals surface area (Å²) in [5.74, 6) is 0. The fourth-order valence-corrected chi connectivity index (χ4v) is 4.66. The summed E-state index contributed by atoms with van der Waals surface area (Å²) in [4.78, 5) is 5.35. The van der Waals surface area contributed by atoms with Gasteiger partial charge in [-0.3, -0.25) is 4.90 Å². The van der Waals surface area contributed by atoms with E-state index in [0.717, 1.165) is 5.41 Å². The number of rotatable bonds is 1. The molecular formula is C17H32N2. The number of likely N-dealkylation sites (tertiary alicyclic amines) is 2. The lowest BCUT2D eigenvalue weighted by atomic mass is 9.63. The molecule has 3 fully saturated rings. The van der Waals surface area contributed by atoms with E-state index in [-0.39, 0.29) is 0 Å². The first-order chi connectivity index (χ1) is 9.12. The minimum Gasteiger partial charge on any atom is -0.306 e. The lowest BCUT2D eigenvalue weighted by Crippen LogP contribution is -2.53. The summed E-state index contributed by atoms with van der Waals surface area (Å²) in [7, 11) is 2.29. The van der Waals surface area contributed by atoms with E-state index >= 15 is 0 Å². The third-order valence-corrected chi connectivity index (χ3v) is 6.56. The zero-order chi connectivity index (χ0) is 13.3. The minimum atomic E-state index is 0.537. The molecule has 2 nitrogen and oxygen atoms in total. The maximum absolute atomic E-state index is 2.83. The molecule has 0 radical (unpaired) electrons. The van der Waals surface area contributed by atoms with Crippen LogP contribution in [0.25, 0.3) is 0 Å².